The highest BCUT2D eigenvalue weighted by molar-refractivity contribution is 5.99. The highest BCUT2D eigenvalue weighted by atomic mass is 16.5. The van der Waals surface area contributed by atoms with Crippen molar-refractivity contribution in [3.05, 3.63) is 47.5 Å². The van der Waals surface area contributed by atoms with Crippen LogP contribution in [0.4, 0.5) is 0 Å². The fourth-order valence-corrected chi connectivity index (χ4v) is 2.25. The second-order valence-corrected chi connectivity index (χ2v) is 5.12. The molecule has 0 aliphatic heterocycles. The van der Waals surface area contributed by atoms with E-state index in [0.29, 0.717) is 17.2 Å². The minimum atomic E-state index is 0.542. The Hall–Kier alpha value is -3.02. The predicted octanol–water partition coefficient (Wildman–Crippen LogP) is 3.56. The molecule has 0 aromatic heterocycles. The molecular weight excluding hydrogens is 320 g/mol. The van der Waals surface area contributed by atoms with E-state index >= 15 is 0 Å². The van der Waals surface area contributed by atoms with E-state index in [1.54, 1.807) is 34.7 Å². The molecule has 0 heterocycles. The van der Waals surface area contributed by atoms with E-state index in [0.717, 1.165) is 22.6 Å². The number of ether oxygens (including phenoxy) is 4. The molecule has 6 heteroatoms. The molecule has 0 saturated carbocycles. The van der Waals surface area contributed by atoms with Crippen molar-refractivity contribution in [3.63, 3.8) is 0 Å². The maximum Gasteiger partial charge on any atom is 0.203 e. The molecule has 0 saturated heterocycles. The van der Waals surface area contributed by atoms with Crippen LogP contribution in [-0.4, -0.2) is 40.4 Å². The summed E-state index contributed by atoms with van der Waals surface area (Å²) in [6.07, 6.45) is 1.64. The summed E-state index contributed by atoms with van der Waals surface area (Å²) in [5, 5.41) is 8.38. The molecule has 0 fully saturated rings. The Kier molecular flexibility index (Phi) is 6.39. The van der Waals surface area contributed by atoms with Crippen LogP contribution in [0.15, 0.2) is 46.6 Å². The summed E-state index contributed by atoms with van der Waals surface area (Å²) in [6.45, 7) is 1.90. The minimum Gasteiger partial charge on any atom is -0.497 e. The summed E-state index contributed by atoms with van der Waals surface area (Å²) in [5.41, 5.74) is 2.56. The van der Waals surface area contributed by atoms with Crippen LogP contribution in [0, 0.1) is 0 Å². The van der Waals surface area contributed by atoms with Gasteiger partial charge in [0.25, 0.3) is 0 Å². The van der Waals surface area contributed by atoms with E-state index in [1.165, 1.54) is 0 Å². The van der Waals surface area contributed by atoms with Crippen molar-refractivity contribution in [3.8, 4) is 23.0 Å². The van der Waals surface area contributed by atoms with E-state index in [9.17, 15) is 0 Å². The first-order chi connectivity index (χ1) is 12.1. The van der Waals surface area contributed by atoms with E-state index in [4.69, 9.17) is 18.9 Å². The molecule has 0 bridgehead atoms. The van der Waals surface area contributed by atoms with Crippen LogP contribution in [0.5, 0.6) is 23.0 Å². The maximum absolute atomic E-state index is 5.32. The number of hydrogen-bond donors (Lipinski definition) is 0. The molecule has 2 rings (SSSR count). The van der Waals surface area contributed by atoms with Crippen molar-refractivity contribution in [2.24, 2.45) is 10.2 Å². The number of nitrogens with zero attached hydrogens (tertiary/aromatic N) is 2. The van der Waals surface area contributed by atoms with Gasteiger partial charge in [-0.3, -0.25) is 0 Å². The summed E-state index contributed by atoms with van der Waals surface area (Å²) in [5.74, 6) is 2.48. The molecule has 2 aromatic rings. The molecule has 0 aliphatic rings. The average Bonchev–Trinajstić information content (AvgIpc) is 2.66. The van der Waals surface area contributed by atoms with Gasteiger partial charge in [0.2, 0.25) is 5.75 Å². The molecular formula is C19H22N2O4. The quantitative estimate of drug-likeness (QED) is 0.570. The molecule has 25 heavy (non-hydrogen) atoms. The summed E-state index contributed by atoms with van der Waals surface area (Å²) >= 11 is 0. The first kappa shape index (κ1) is 18.3. The van der Waals surface area contributed by atoms with Crippen molar-refractivity contribution < 1.29 is 18.9 Å². The van der Waals surface area contributed by atoms with Crippen molar-refractivity contribution in [1.82, 2.24) is 0 Å². The third-order valence-electron chi connectivity index (χ3n) is 3.61. The molecule has 2 aromatic carbocycles. The van der Waals surface area contributed by atoms with Crippen LogP contribution < -0.4 is 18.9 Å². The Morgan fingerprint density at radius 2 is 1.44 bits per heavy atom. The molecule has 0 radical (unpaired) electrons. The molecule has 0 N–H and O–H groups in total. The van der Waals surface area contributed by atoms with Crippen molar-refractivity contribution in [1.29, 1.82) is 0 Å². The zero-order valence-corrected chi connectivity index (χ0v) is 15.1. The molecule has 0 aliphatic carbocycles. The lowest BCUT2D eigenvalue weighted by molar-refractivity contribution is 0.324. The zero-order valence-electron chi connectivity index (χ0n) is 15.1. The van der Waals surface area contributed by atoms with E-state index in [1.807, 2.05) is 43.3 Å². The van der Waals surface area contributed by atoms with Gasteiger partial charge in [-0.15, -0.1) is 0 Å². The fraction of sp³-hybridized carbons (Fsp3) is 0.263. The number of benzene rings is 2. The Bertz CT molecular complexity index is 742. The van der Waals surface area contributed by atoms with Gasteiger partial charge in [0, 0.05) is 5.56 Å². The van der Waals surface area contributed by atoms with Gasteiger partial charge in [0.05, 0.1) is 40.4 Å². The van der Waals surface area contributed by atoms with Crippen LogP contribution in [0.25, 0.3) is 0 Å². The second-order valence-electron chi connectivity index (χ2n) is 5.12. The highest BCUT2D eigenvalue weighted by Gasteiger charge is 2.12. The van der Waals surface area contributed by atoms with Gasteiger partial charge in [-0.1, -0.05) is 0 Å². The molecule has 0 unspecified atom stereocenters. The van der Waals surface area contributed by atoms with Crippen molar-refractivity contribution >= 4 is 11.9 Å². The van der Waals surface area contributed by atoms with Gasteiger partial charge in [-0.2, -0.15) is 10.2 Å². The van der Waals surface area contributed by atoms with Crippen molar-refractivity contribution in [2.45, 2.75) is 6.92 Å². The minimum absolute atomic E-state index is 0.542. The molecule has 0 amide bonds. The van der Waals surface area contributed by atoms with Gasteiger partial charge in [-0.05, 0) is 48.9 Å². The Morgan fingerprint density at radius 1 is 0.840 bits per heavy atom. The molecule has 0 atom stereocenters. The number of methoxy groups -OCH3 is 4. The van der Waals surface area contributed by atoms with Gasteiger partial charge in [0.15, 0.2) is 11.5 Å². The van der Waals surface area contributed by atoms with E-state index in [2.05, 4.69) is 10.2 Å². The van der Waals surface area contributed by atoms with Gasteiger partial charge in [0.1, 0.15) is 5.75 Å². The van der Waals surface area contributed by atoms with Crippen LogP contribution in [0.3, 0.4) is 0 Å². The van der Waals surface area contributed by atoms with Gasteiger partial charge >= 0.3 is 0 Å². The monoisotopic (exact) mass is 342 g/mol. The topological polar surface area (TPSA) is 61.6 Å². The van der Waals surface area contributed by atoms with Gasteiger partial charge < -0.3 is 18.9 Å². The summed E-state index contributed by atoms with van der Waals surface area (Å²) in [7, 11) is 6.35. The van der Waals surface area contributed by atoms with E-state index in [-0.39, 0.29) is 0 Å². The van der Waals surface area contributed by atoms with Crippen LogP contribution in [0.2, 0.25) is 0 Å². The fourth-order valence-electron chi connectivity index (χ4n) is 2.25. The van der Waals surface area contributed by atoms with Crippen molar-refractivity contribution in [2.75, 3.05) is 28.4 Å². The van der Waals surface area contributed by atoms with Crippen LogP contribution in [0.1, 0.15) is 18.1 Å². The number of hydrogen-bond acceptors (Lipinski definition) is 6. The average molecular weight is 342 g/mol. The molecule has 132 valence electrons. The predicted molar refractivity (Wildman–Crippen MR) is 98.9 cm³/mol. The largest absolute Gasteiger partial charge is 0.497 e. The lowest BCUT2D eigenvalue weighted by atomic mass is 10.1. The molecule has 0 spiro atoms. The third kappa shape index (κ3) is 4.50. The Balaban J connectivity index is 2.22. The third-order valence-corrected chi connectivity index (χ3v) is 3.61. The smallest absolute Gasteiger partial charge is 0.203 e. The standard InChI is InChI=1S/C19H22N2O4/c1-13(15-6-8-16(22-2)9-7-15)21-20-12-14-10-17(23-3)19(25-5)18(11-14)24-4/h6-12H,1-5H3/b20-12-,21-13+. The second kappa shape index (κ2) is 8.73. The summed E-state index contributed by atoms with van der Waals surface area (Å²) in [4.78, 5) is 0. The Morgan fingerprint density at radius 3 is 1.92 bits per heavy atom. The zero-order chi connectivity index (χ0) is 18.2. The maximum atomic E-state index is 5.32. The van der Waals surface area contributed by atoms with E-state index < -0.39 is 0 Å². The molecule has 6 nitrogen and oxygen atoms in total. The first-order valence-electron chi connectivity index (χ1n) is 7.65. The summed E-state index contributed by atoms with van der Waals surface area (Å²) < 4.78 is 21.1. The highest BCUT2D eigenvalue weighted by Crippen LogP contribution is 2.37. The van der Waals surface area contributed by atoms with Gasteiger partial charge in [-0.25, -0.2) is 0 Å². The lowest BCUT2D eigenvalue weighted by Gasteiger charge is -2.12. The lowest BCUT2D eigenvalue weighted by Crippen LogP contribution is -1.97. The summed E-state index contributed by atoms with van der Waals surface area (Å²) in [6, 6.07) is 11.3. The SMILES string of the molecule is COc1ccc(/C(C)=N/N=C\c2cc(OC)c(OC)c(OC)c2)cc1. The normalized spacial score (nSPS) is 11.5. The Labute approximate surface area is 147 Å². The van der Waals surface area contributed by atoms with Crippen LogP contribution >= 0.6 is 0 Å². The number of rotatable bonds is 7. The first-order valence-corrected chi connectivity index (χ1v) is 7.65. The van der Waals surface area contributed by atoms with Crippen LogP contribution in [-0.2, 0) is 0 Å².